The molecule has 2 atom stereocenters. The molecule has 3 saturated heterocycles. The lowest BCUT2D eigenvalue weighted by Gasteiger charge is -2.50. The lowest BCUT2D eigenvalue weighted by molar-refractivity contribution is -0.00371. The van der Waals surface area contributed by atoms with Crippen LogP contribution in [0.1, 0.15) is 17.2 Å². The molecule has 0 aromatic carbocycles. The number of anilines is 1. The van der Waals surface area contributed by atoms with Gasteiger partial charge in [0.15, 0.2) is 0 Å². The van der Waals surface area contributed by atoms with Gasteiger partial charge in [-0.1, -0.05) is 0 Å². The quantitative estimate of drug-likeness (QED) is 0.502. The van der Waals surface area contributed by atoms with Crippen LogP contribution >= 0.6 is 0 Å². The number of piperazine rings is 3. The number of pyridine rings is 1. The van der Waals surface area contributed by atoms with Crippen LogP contribution in [0.3, 0.4) is 0 Å². The van der Waals surface area contributed by atoms with Gasteiger partial charge in [0.25, 0.3) is 0 Å². The molecule has 1 aromatic heterocycles. The molecular formula is C13H22N6. The zero-order valence-electron chi connectivity index (χ0n) is 11.3. The molecule has 19 heavy (non-hydrogen) atoms. The number of aryl methyl sites for hydroxylation is 1. The molecule has 104 valence electrons. The van der Waals surface area contributed by atoms with Crippen LogP contribution in [-0.2, 0) is 0 Å². The van der Waals surface area contributed by atoms with Gasteiger partial charge in [0.1, 0.15) is 5.82 Å². The highest BCUT2D eigenvalue weighted by molar-refractivity contribution is 5.46. The third kappa shape index (κ3) is 2.21. The Morgan fingerprint density at radius 2 is 2.11 bits per heavy atom. The lowest BCUT2D eigenvalue weighted by Crippen LogP contribution is -2.64. The number of hydrogen-bond donors (Lipinski definition) is 3. The number of nitrogen functional groups attached to an aromatic ring is 1. The Morgan fingerprint density at radius 3 is 2.63 bits per heavy atom. The molecule has 0 saturated carbocycles. The Labute approximate surface area is 113 Å². The Balaban J connectivity index is 1.92. The SMILES string of the molecule is Cc1ccnc(N)c1C(NN)C1CN2CCN1CC2. The summed E-state index contributed by atoms with van der Waals surface area (Å²) in [6.07, 6.45) is 1.75. The van der Waals surface area contributed by atoms with E-state index in [9.17, 15) is 0 Å². The average Bonchev–Trinajstić information content (AvgIpc) is 2.44. The van der Waals surface area contributed by atoms with Crippen LogP contribution in [0.25, 0.3) is 0 Å². The second-order valence-electron chi connectivity index (χ2n) is 5.48. The Hall–Kier alpha value is -1.21. The second kappa shape index (κ2) is 5.05. The summed E-state index contributed by atoms with van der Waals surface area (Å²) in [6, 6.07) is 2.40. The third-order valence-electron chi connectivity index (χ3n) is 4.44. The van der Waals surface area contributed by atoms with E-state index in [-0.39, 0.29) is 6.04 Å². The van der Waals surface area contributed by atoms with Gasteiger partial charge in [-0.05, 0) is 18.6 Å². The summed E-state index contributed by atoms with van der Waals surface area (Å²) >= 11 is 0. The van der Waals surface area contributed by atoms with E-state index in [1.807, 2.05) is 6.07 Å². The van der Waals surface area contributed by atoms with E-state index in [1.165, 1.54) is 0 Å². The number of hydrazine groups is 1. The van der Waals surface area contributed by atoms with E-state index in [1.54, 1.807) is 6.20 Å². The lowest BCUT2D eigenvalue weighted by atomic mass is 9.92. The number of nitrogens with zero attached hydrogens (tertiary/aromatic N) is 3. The minimum Gasteiger partial charge on any atom is -0.383 e. The summed E-state index contributed by atoms with van der Waals surface area (Å²) in [4.78, 5) is 9.22. The summed E-state index contributed by atoms with van der Waals surface area (Å²) in [5.41, 5.74) is 11.2. The second-order valence-corrected chi connectivity index (χ2v) is 5.48. The first-order valence-electron chi connectivity index (χ1n) is 6.84. The van der Waals surface area contributed by atoms with Crippen molar-refractivity contribution in [3.05, 3.63) is 23.4 Å². The summed E-state index contributed by atoms with van der Waals surface area (Å²) < 4.78 is 0. The van der Waals surface area contributed by atoms with E-state index >= 15 is 0 Å². The molecule has 6 nitrogen and oxygen atoms in total. The number of aromatic nitrogens is 1. The fourth-order valence-electron chi connectivity index (χ4n) is 3.36. The minimum atomic E-state index is 0.0387. The van der Waals surface area contributed by atoms with E-state index in [4.69, 9.17) is 11.6 Å². The summed E-state index contributed by atoms with van der Waals surface area (Å²) in [6.45, 7) is 7.66. The Morgan fingerprint density at radius 1 is 1.37 bits per heavy atom. The molecule has 4 heterocycles. The van der Waals surface area contributed by atoms with Crippen LogP contribution < -0.4 is 17.0 Å². The van der Waals surface area contributed by atoms with Crippen LogP contribution in [0, 0.1) is 6.92 Å². The fourth-order valence-corrected chi connectivity index (χ4v) is 3.36. The zero-order chi connectivity index (χ0) is 13.4. The number of fused-ring (bicyclic) bond motifs is 3. The highest BCUT2D eigenvalue weighted by Gasteiger charge is 2.38. The van der Waals surface area contributed by atoms with Crippen LogP contribution in [0.4, 0.5) is 5.82 Å². The predicted octanol–water partition coefficient (Wildman–Crippen LogP) is -0.524. The molecule has 3 aliphatic rings. The van der Waals surface area contributed by atoms with Crippen molar-refractivity contribution < 1.29 is 0 Å². The highest BCUT2D eigenvalue weighted by atomic mass is 15.4. The molecule has 4 rings (SSSR count). The van der Waals surface area contributed by atoms with Gasteiger partial charge >= 0.3 is 0 Å². The van der Waals surface area contributed by atoms with Crippen LogP contribution in [0.2, 0.25) is 0 Å². The highest BCUT2D eigenvalue weighted by Crippen LogP contribution is 2.30. The molecule has 0 amide bonds. The number of rotatable bonds is 3. The molecule has 5 N–H and O–H groups in total. The van der Waals surface area contributed by atoms with Crippen LogP contribution in [0.15, 0.2) is 12.3 Å². The third-order valence-corrected chi connectivity index (χ3v) is 4.44. The first-order chi connectivity index (χ1) is 9.20. The summed E-state index contributed by atoms with van der Waals surface area (Å²) in [5.74, 6) is 6.41. The van der Waals surface area contributed by atoms with Crippen LogP contribution in [0.5, 0.6) is 0 Å². The minimum absolute atomic E-state index is 0.0387. The van der Waals surface area contributed by atoms with E-state index in [0.717, 1.165) is 43.9 Å². The van der Waals surface area contributed by atoms with Gasteiger partial charge < -0.3 is 5.73 Å². The maximum atomic E-state index is 6.06. The van der Waals surface area contributed by atoms with E-state index in [2.05, 4.69) is 27.1 Å². The number of hydrogen-bond acceptors (Lipinski definition) is 6. The molecule has 3 aliphatic heterocycles. The number of nitrogens with two attached hydrogens (primary N) is 2. The standard InChI is InChI=1S/C13H22N6/c1-9-2-3-16-13(14)11(9)12(17-15)10-8-18-4-6-19(10)7-5-18/h2-3,10,12,17H,4-8,15H2,1H3,(H2,14,16). The maximum Gasteiger partial charge on any atom is 0.128 e. The maximum absolute atomic E-state index is 6.06. The molecule has 3 fully saturated rings. The van der Waals surface area contributed by atoms with Gasteiger partial charge in [0.05, 0.1) is 6.04 Å². The van der Waals surface area contributed by atoms with Crippen molar-refractivity contribution in [2.45, 2.75) is 19.0 Å². The largest absolute Gasteiger partial charge is 0.383 e. The van der Waals surface area contributed by atoms with Gasteiger partial charge in [-0.2, -0.15) is 0 Å². The van der Waals surface area contributed by atoms with Gasteiger partial charge in [-0.3, -0.25) is 21.1 Å². The fraction of sp³-hybridized carbons (Fsp3) is 0.615. The molecule has 2 unspecified atom stereocenters. The average molecular weight is 262 g/mol. The smallest absolute Gasteiger partial charge is 0.128 e. The van der Waals surface area contributed by atoms with Gasteiger partial charge in [0, 0.05) is 50.5 Å². The zero-order valence-corrected chi connectivity index (χ0v) is 11.3. The van der Waals surface area contributed by atoms with Crippen molar-refractivity contribution in [3.8, 4) is 0 Å². The van der Waals surface area contributed by atoms with Crippen molar-refractivity contribution in [3.63, 3.8) is 0 Å². The molecule has 1 aromatic rings. The molecular weight excluding hydrogens is 240 g/mol. The van der Waals surface area contributed by atoms with Crippen molar-refractivity contribution in [1.82, 2.24) is 20.2 Å². The van der Waals surface area contributed by atoms with Crippen molar-refractivity contribution in [2.75, 3.05) is 38.5 Å². The Bertz CT molecular complexity index is 434. The van der Waals surface area contributed by atoms with Gasteiger partial charge in [-0.25, -0.2) is 4.98 Å². The topological polar surface area (TPSA) is 83.4 Å². The van der Waals surface area contributed by atoms with Gasteiger partial charge in [0.2, 0.25) is 0 Å². The molecule has 2 bridgehead atoms. The van der Waals surface area contributed by atoms with Crippen molar-refractivity contribution in [2.24, 2.45) is 5.84 Å². The molecule has 0 aliphatic carbocycles. The normalized spacial score (nSPS) is 31.4. The first-order valence-corrected chi connectivity index (χ1v) is 6.84. The molecule has 6 heteroatoms. The van der Waals surface area contributed by atoms with E-state index < -0.39 is 0 Å². The monoisotopic (exact) mass is 262 g/mol. The van der Waals surface area contributed by atoms with Crippen molar-refractivity contribution in [1.29, 1.82) is 0 Å². The molecule has 0 radical (unpaired) electrons. The van der Waals surface area contributed by atoms with E-state index in [0.29, 0.717) is 11.9 Å². The number of nitrogens with one attached hydrogen (secondary N) is 1. The van der Waals surface area contributed by atoms with Gasteiger partial charge in [-0.15, -0.1) is 0 Å². The van der Waals surface area contributed by atoms with Crippen molar-refractivity contribution >= 4 is 5.82 Å². The van der Waals surface area contributed by atoms with Crippen LogP contribution in [-0.4, -0.2) is 53.5 Å². The summed E-state index contributed by atoms with van der Waals surface area (Å²) in [7, 11) is 0. The first kappa shape index (κ1) is 12.8. The molecule has 0 spiro atoms. The summed E-state index contributed by atoms with van der Waals surface area (Å²) in [5, 5.41) is 0. The predicted molar refractivity (Wildman–Crippen MR) is 75.3 cm³/mol. The Kier molecular flexibility index (Phi) is 3.40.